The Morgan fingerprint density at radius 1 is 1.57 bits per heavy atom. The summed E-state index contributed by atoms with van der Waals surface area (Å²) in [6.45, 7) is 3.03. The summed E-state index contributed by atoms with van der Waals surface area (Å²) in [7, 11) is 2.18. The lowest BCUT2D eigenvalue weighted by Gasteiger charge is -2.22. The van der Waals surface area contributed by atoms with Crippen LogP contribution in [0.3, 0.4) is 0 Å². The van der Waals surface area contributed by atoms with E-state index in [-0.39, 0.29) is 0 Å². The monoisotopic (exact) mass is 192 g/mol. The van der Waals surface area contributed by atoms with Crippen LogP contribution in [0.15, 0.2) is 6.07 Å². The summed E-state index contributed by atoms with van der Waals surface area (Å²) in [6.07, 6.45) is 5.00. The predicted molar refractivity (Wildman–Crippen MR) is 59.3 cm³/mol. The van der Waals surface area contributed by atoms with Gasteiger partial charge >= 0.3 is 0 Å². The third-order valence-corrected chi connectivity index (χ3v) is 3.57. The van der Waals surface area contributed by atoms with Gasteiger partial charge in [-0.1, -0.05) is 0 Å². The minimum Gasteiger partial charge on any atom is -0.352 e. The molecule has 1 unspecified atom stereocenters. The molecule has 0 saturated carbocycles. The van der Waals surface area contributed by atoms with Crippen LogP contribution in [-0.4, -0.2) is 11.1 Å². The van der Waals surface area contributed by atoms with Crippen molar-refractivity contribution >= 4 is 0 Å². The maximum Gasteiger partial charge on any atom is 0.0209 e. The highest BCUT2D eigenvalue weighted by atomic mass is 15.0. The zero-order chi connectivity index (χ0) is 10.1. The highest BCUT2D eigenvalue weighted by molar-refractivity contribution is 5.29. The van der Waals surface area contributed by atoms with Crippen LogP contribution in [0.4, 0.5) is 0 Å². The molecule has 1 aliphatic carbocycles. The molecule has 1 aromatic rings. The summed E-state index contributed by atoms with van der Waals surface area (Å²) in [5.74, 6) is 0.820. The molecular formula is C12H20N2. The Kier molecular flexibility index (Phi) is 2.64. The Morgan fingerprint density at radius 3 is 3.07 bits per heavy atom. The fourth-order valence-electron chi connectivity index (χ4n) is 2.56. The van der Waals surface area contributed by atoms with E-state index in [1.54, 1.807) is 11.3 Å². The van der Waals surface area contributed by atoms with Gasteiger partial charge in [0, 0.05) is 18.4 Å². The van der Waals surface area contributed by atoms with Crippen molar-refractivity contribution in [2.75, 3.05) is 6.54 Å². The van der Waals surface area contributed by atoms with E-state index in [1.165, 1.54) is 31.4 Å². The molecule has 0 fully saturated rings. The molecule has 1 aliphatic rings. The smallest absolute Gasteiger partial charge is 0.0209 e. The van der Waals surface area contributed by atoms with E-state index < -0.39 is 0 Å². The van der Waals surface area contributed by atoms with E-state index in [0.29, 0.717) is 0 Å². The van der Waals surface area contributed by atoms with E-state index in [4.69, 9.17) is 5.73 Å². The van der Waals surface area contributed by atoms with Gasteiger partial charge in [0.05, 0.1) is 0 Å². The molecule has 0 spiro atoms. The van der Waals surface area contributed by atoms with Gasteiger partial charge in [0.25, 0.3) is 0 Å². The van der Waals surface area contributed by atoms with Crippen molar-refractivity contribution in [3.8, 4) is 0 Å². The van der Waals surface area contributed by atoms with Gasteiger partial charge in [-0.3, -0.25) is 0 Å². The van der Waals surface area contributed by atoms with Gasteiger partial charge in [-0.25, -0.2) is 0 Å². The Bertz CT molecular complexity index is 325. The van der Waals surface area contributed by atoms with Crippen molar-refractivity contribution in [1.29, 1.82) is 0 Å². The van der Waals surface area contributed by atoms with Crippen LogP contribution in [0.1, 0.15) is 29.8 Å². The van der Waals surface area contributed by atoms with Crippen LogP contribution in [0.2, 0.25) is 0 Å². The molecule has 1 heterocycles. The first-order chi connectivity index (χ1) is 6.72. The standard InChI is InChI=1S/C12H20N2/c1-9-7-11-4-3-10(5-6-13)8-12(11)14(9)2/h7,10H,3-6,8,13H2,1-2H3. The summed E-state index contributed by atoms with van der Waals surface area (Å²) < 4.78 is 2.35. The molecule has 1 atom stereocenters. The fraction of sp³-hybridized carbons (Fsp3) is 0.667. The molecular weight excluding hydrogens is 172 g/mol. The maximum atomic E-state index is 5.62. The Morgan fingerprint density at radius 2 is 2.36 bits per heavy atom. The first-order valence-corrected chi connectivity index (χ1v) is 5.56. The molecule has 0 bridgehead atoms. The van der Waals surface area contributed by atoms with Crippen LogP contribution in [0.25, 0.3) is 0 Å². The number of hydrogen-bond acceptors (Lipinski definition) is 1. The second-order valence-corrected chi connectivity index (χ2v) is 4.50. The molecule has 1 aromatic heterocycles. The SMILES string of the molecule is Cc1cc2c(n1C)CC(CCN)CC2. The highest BCUT2D eigenvalue weighted by Crippen LogP contribution is 2.28. The summed E-state index contributed by atoms with van der Waals surface area (Å²) in [6, 6.07) is 2.34. The van der Waals surface area contributed by atoms with Crippen molar-refractivity contribution < 1.29 is 0 Å². The minimum absolute atomic E-state index is 0.820. The Hall–Kier alpha value is -0.760. The third kappa shape index (κ3) is 1.59. The quantitative estimate of drug-likeness (QED) is 0.761. The molecule has 0 aromatic carbocycles. The average molecular weight is 192 g/mol. The van der Waals surface area contributed by atoms with Gasteiger partial charge in [-0.15, -0.1) is 0 Å². The zero-order valence-electron chi connectivity index (χ0n) is 9.21. The van der Waals surface area contributed by atoms with Crippen LogP contribution in [0.5, 0.6) is 0 Å². The van der Waals surface area contributed by atoms with E-state index >= 15 is 0 Å². The van der Waals surface area contributed by atoms with Crippen molar-refractivity contribution in [3.05, 3.63) is 23.0 Å². The van der Waals surface area contributed by atoms with E-state index in [9.17, 15) is 0 Å². The molecule has 2 heteroatoms. The summed E-state index contributed by atoms with van der Waals surface area (Å²) in [4.78, 5) is 0. The zero-order valence-corrected chi connectivity index (χ0v) is 9.21. The first-order valence-electron chi connectivity index (χ1n) is 5.56. The molecule has 0 radical (unpaired) electrons. The lowest BCUT2D eigenvalue weighted by Crippen LogP contribution is -2.18. The van der Waals surface area contributed by atoms with E-state index in [0.717, 1.165) is 12.5 Å². The maximum absolute atomic E-state index is 5.62. The second-order valence-electron chi connectivity index (χ2n) is 4.50. The average Bonchev–Trinajstić information content (AvgIpc) is 2.45. The van der Waals surface area contributed by atoms with E-state index in [2.05, 4.69) is 24.6 Å². The van der Waals surface area contributed by atoms with Gasteiger partial charge in [-0.2, -0.15) is 0 Å². The number of nitrogens with zero attached hydrogens (tertiary/aromatic N) is 1. The lowest BCUT2D eigenvalue weighted by molar-refractivity contribution is 0.422. The number of hydrogen-bond donors (Lipinski definition) is 1. The van der Waals surface area contributed by atoms with Crippen molar-refractivity contribution in [2.45, 2.75) is 32.6 Å². The van der Waals surface area contributed by atoms with Crippen molar-refractivity contribution in [3.63, 3.8) is 0 Å². The van der Waals surface area contributed by atoms with Gasteiger partial charge in [-0.05, 0) is 56.7 Å². The summed E-state index contributed by atoms with van der Waals surface area (Å²) in [5, 5.41) is 0. The van der Waals surface area contributed by atoms with Gasteiger partial charge < -0.3 is 10.3 Å². The fourth-order valence-corrected chi connectivity index (χ4v) is 2.56. The van der Waals surface area contributed by atoms with Crippen molar-refractivity contribution in [1.82, 2.24) is 4.57 Å². The molecule has 2 N–H and O–H groups in total. The van der Waals surface area contributed by atoms with Crippen LogP contribution >= 0.6 is 0 Å². The number of aromatic nitrogens is 1. The second kappa shape index (κ2) is 3.77. The van der Waals surface area contributed by atoms with Gasteiger partial charge in [0.2, 0.25) is 0 Å². The van der Waals surface area contributed by atoms with Crippen molar-refractivity contribution in [2.24, 2.45) is 18.7 Å². The van der Waals surface area contributed by atoms with Gasteiger partial charge in [0.15, 0.2) is 0 Å². The highest BCUT2D eigenvalue weighted by Gasteiger charge is 2.21. The van der Waals surface area contributed by atoms with Crippen LogP contribution in [-0.2, 0) is 19.9 Å². The molecule has 0 saturated heterocycles. The largest absolute Gasteiger partial charge is 0.352 e. The summed E-state index contributed by atoms with van der Waals surface area (Å²) in [5.41, 5.74) is 10.1. The lowest BCUT2D eigenvalue weighted by atomic mass is 9.86. The Labute approximate surface area is 86.1 Å². The molecule has 2 nitrogen and oxygen atoms in total. The Balaban J connectivity index is 2.20. The number of nitrogens with two attached hydrogens (primary N) is 1. The predicted octanol–water partition coefficient (Wildman–Crippen LogP) is 1.79. The van der Waals surface area contributed by atoms with Crippen LogP contribution < -0.4 is 5.73 Å². The van der Waals surface area contributed by atoms with Gasteiger partial charge in [0.1, 0.15) is 0 Å². The topological polar surface area (TPSA) is 30.9 Å². The molecule has 2 rings (SSSR count). The molecule has 0 aliphatic heterocycles. The summed E-state index contributed by atoms with van der Waals surface area (Å²) >= 11 is 0. The normalized spacial score (nSPS) is 20.9. The third-order valence-electron chi connectivity index (χ3n) is 3.57. The number of rotatable bonds is 2. The first kappa shape index (κ1) is 9.78. The molecule has 0 amide bonds. The van der Waals surface area contributed by atoms with Crippen LogP contribution in [0, 0.1) is 12.8 Å². The number of aryl methyl sites for hydroxylation is 2. The van der Waals surface area contributed by atoms with E-state index in [1.807, 2.05) is 0 Å². The molecule has 78 valence electrons. The minimum atomic E-state index is 0.820. The number of fused-ring (bicyclic) bond motifs is 1. The molecule has 14 heavy (non-hydrogen) atoms.